The molecule has 1 saturated carbocycles. The Hall–Kier alpha value is -1.91. The molecule has 1 aliphatic carbocycles. The maximum Gasteiger partial charge on any atom is 0.414 e. The molecule has 0 N–H and O–H groups in total. The third kappa shape index (κ3) is 3.45. The molecule has 5 heteroatoms. The monoisotopic (exact) mass is 333 g/mol. The Labute approximate surface area is 143 Å². The number of carbonyl (C=O) groups is 1. The van der Waals surface area contributed by atoms with Gasteiger partial charge in [-0.05, 0) is 42.7 Å². The lowest BCUT2D eigenvalue weighted by atomic mass is 9.75. The Morgan fingerprint density at radius 1 is 1.25 bits per heavy atom. The average molecular weight is 333 g/mol. The number of ether oxygens (including phenoxy) is 3. The molecule has 3 atom stereocenters. The van der Waals surface area contributed by atoms with E-state index in [0.29, 0.717) is 29.3 Å². The van der Waals surface area contributed by atoms with Crippen LogP contribution in [-0.4, -0.2) is 26.0 Å². The SMILES string of the molecule is CC(C)[C@@H]1CC[C@@H](C)C[C@H]1OC(=O)N(C)c1ccc2c(c1)OCO2. The Morgan fingerprint density at radius 2 is 2.00 bits per heavy atom. The Balaban J connectivity index is 1.68. The molecule has 24 heavy (non-hydrogen) atoms. The number of hydrogen-bond donors (Lipinski definition) is 0. The van der Waals surface area contributed by atoms with Gasteiger partial charge in [-0.15, -0.1) is 0 Å². The summed E-state index contributed by atoms with van der Waals surface area (Å²) in [6, 6.07) is 5.48. The van der Waals surface area contributed by atoms with E-state index in [-0.39, 0.29) is 19.0 Å². The van der Waals surface area contributed by atoms with Gasteiger partial charge < -0.3 is 14.2 Å². The van der Waals surface area contributed by atoms with Gasteiger partial charge in [0.15, 0.2) is 11.5 Å². The predicted octanol–water partition coefficient (Wildman–Crippen LogP) is 4.45. The first-order chi connectivity index (χ1) is 11.5. The Bertz CT molecular complexity index is 601. The molecule has 1 fully saturated rings. The zero-order chi connectivity index (χ0) is 17.3. The predicted molar refractivity (Wildman–Crippen MR) is 92.6 cm³/mol. The van der Waals surface area contributed by atoms with Crippen LogP contribution in [0.5, 0.6) is 11.5 Å². The van der Waals surface area contributed by atoms with Crippen molar-refractivity contribution in [1.29, 1.82) is 0 Å². The molecule has 0 saturated heterocycles. The lowest BCUT2D eigenvalue weighted by Gasteiger charge is -2.37. The molecule has 1 amide bonds. The third-order valence-electron chi connectivity index (χ3n) is 5.23. The van der Waals surface area contributed by atoms with E-state index in [1.807, 2.05) is 18.2 Å². The molecule has 1 heterocycles. The molecular formula is C19H27NO4. The number of amides is 1. The summed E-state index contributed by atoms with van der Waals surface area (Å²) < 4.78 is 16.6. The van der Waals surface area contributed by atoms with Crippen LogP contribution in [0.4, 0.5) is 10.5 Å². The number of anilines is 1. The maximum absolute atomic E-state index is 12.6. The summed E-state index contributed by atoms with van der Waals surface area (Å²) in [7, 11) is 1.73. The van der Waals surface area contributed by atoms with Crippen LogP contribution in [0, 0.1) is 17.8 Å². The second-order valence-electron chi connectivity index (χ2n) is 7.34. The van der Waals surface area contributed by atoms with Gasteiger partial charge in [0.1, 0.15) is 6.10 Å². The Morgan fingerprint density at radius 3 is 2.75 bits per heavy atom. The summed E-state index contributed by atoms with van der Waals surface area (Å²) in [6.07, 6.45) is 2.99. The number of nitrogens with zero attached hydrogens (tertiary/aromatic N) is 1. The zero-order valence-corrected chi connectivity index (χ0v) is 15.0. The van der Waals surface area contributed by atoms with E-state index in [0.717, 1.165) is 18.5 Å². The lowest BCUT2D eigenvalue weighted by molar-refractivity contribution is 0.00990. The highest BCUT2D eigenvalue weighted by Gasteiger charge is 2.34. The number of fused-ring (bicyclic) bond motifs is 1. The van der Waals surface area contributed by atoms with Gasteiger partial charge in [0.25, 0.3) is 0 Å². The first kappa shape index (κ1) is 16.9. The fourth-order valence-corrected chi connectivity index (χ4v) is 3.66. The van der Waals surface area contributed by atoms with Crippen LogP contribution >= 0.6 is 0 Å². The van der Waals surface area contributed by atoms with Gasteiger partial charge in [0, 0.05) is 13.1 Å². The van der Waals surface area contributed by atoms with Gasteiger partial charge in [0.2, 0.25) is 6.79 Å². The lowest BCUT2D eigenvalue weighted by Crippen LogP contribution is -2.39. The maximum atomic E-state index is 12.6. The molecule has 1 aromatic rings. The van der Waals surface area contributed by atoms with Crippen molar-refractivity contribution in [1.82, 2.24) is 0 Å². The summed E-state index contributed by atoms with van der Waals surface area (Å²) in [6.45, 7) is 6.88. The highest BCUT2D eigenvalue weighted by Crippen LogP contribution is 2.37. The molecule has 2 aliphatic rings. The highest BCUT2D eigenvalue weighted by molar-refractivity contribution is 5.87. The van der Waals surface area contributed by atoms with Crippen LogP contribution in [0.15, 0.2) is 18.2 Å². The van der Waals surface area contributed by atoms with Crippen LogP contribution in [0.3, 0.4) is 0 Å². The van der Waals surface area contributed by atoms with E-state index < -0.39 is 0 Å². The second-order valence-corrected chi connectivity index (χ2v) is 7.34. The van der Waals surface area contributed by atoms with E-state index in [4.69, 9.17) is 14.2 Å². The van der Waals surface area contributed by atoms with Crippen molar-refractivity contribution < 1.29 is 19.0 Å². The highest BCUT2D eigenvalue weighted by atomic mass is 16.7. The fraction of sp³-hybridized carbons (Fsp3) is 0.632. The topological polar surface area (TPSA) is 48.0 Å². The van der Waals surface area contributed by atoms with Gasteiger partial charge in [-0.25, -0.2) is 4.79 Å². The normalized spacial score (nSPS) is 25.6. The van der Waals surface area contributed by atoms with Crippen molar-refractivity contribution in [3.63, 3.8) is 0 Å². The minimum atomic E-state index is -0.307. The van der Waals surface area contributed by atoms with E-state index >= 15 is 0 Å². The van der Waals surface area contributed by atoms with Crippen molar-refractivity contribution in [3.8, 4) is 11.5 Å². The minimum absolute atomic E-state index is 0.00212. The molecule has 3 rings (SSSR count). The number of carbonyl (C=O) groups excluding carboxylic acids is 1. The summed E-state index contributed by atoms with van der Waals surface area (Å²) in [4.78, 5) is 14.2. The number of rotatable bonds is 3. The average Bonchev–Trinajstić information content (AvgIpc) is 3.01. The Kier molecular flexibility index (Phi) is 4.88. The van der Waals surface area contributed by atoms with Crippen LogP contribution in [0.2, 0.25) is 0 Å². The molecule has 1 aromatic carbocycles. The van der Waals surface area contributed by atoms with Gasteiger partial charge in [-0.3, -0.25) is 4.90 Å². The molecule has 0 aromatic heterocycles. The van der Waals surface area contributed by atoms with Crippen LogP contribution in [0.1, 0.15) is 40.0 Å². The standard InChI is InChI=1S/C19H27NO4/c1-12(2)15-7-5-13(3)9-17(15)24-19(21)20(4)14-6-8-16-18(10-14)23-11-22-16/h6,8,10,12-13,15,17H,5,7,9,11H2,1-4H3/t13-,15+,17-/m1/s1. The first-order valence-electron chi connectivity index (χ1n) is 8.79. The molecule has 1 aliphatic heterocycles. The smallest absolute Gasteiger partial charge is 0.414 e. The molecule has 0 bridgehead atoms. The van der Waals surface area contributed by atoms with Crippen molar-refractivity contribution in [2.45, 2.75) is 46.1 Å². The summed E-state index contributed by atoms with van der Waals surface area (Å²) >= 11 is 0. The molecule has 0 unspecified atom stereocenters. The molecule has 132 valence electrons. The van der Waals surface area contributed by atoms with Crippen LogP contribution in [0.25, 0.3) is 0 Å². The first-order valence-corrected chi connectivity index (χ1v) is 8.79. The third-order valence-corrected chi connectivity index (χ3v) is 5.23. The number of hydrogen-bond acceptors (Lipinski definition) is 4. The van der Waals surface area contributed by atoms with Crippen molar-refractivity contribution in [2.24, 2.45) is 17.8 Å². The van der Waals surface area contributed by atoms with Gasteiger partial charge in [0.05, 0.1) is 5.69 Å². The van der Waals surface area contributed by atoms with Gasteiger partial charge >= 0.3 is 6.09 Å². The number of benzene rings is 1. The molecule has 5 nitrogen and oxygen atoms in total. The minimum Gasteiger partial charge on any atom is -0.454 e. The van der Waals surface area contributed by atoms with Gasteiger partial charge in [-0.2, -0.15) is 0 Å². The molecule has 0 spiro atoms. The van der Waals surface area contributed by atoms with Crippen molar-refractivity contribution in [2.75, 3.05) is 18.7 Å². The van der Waals surface area contributed by atoms with Gasteiger partial charge in [-0.1, -0.05) is 27.2 Å². The van der Waals surface area contributed by atoms with E-state index in [9.17, 15) is 4.79 Å². The van der Waals surface area contributed by atoms with Crippen LogP contribution < -0.4 is 14.4 Å². The van der Waals surface area contributed by atoms with E-state index in [1.165, 1.54) is 6.42 Å². The largest absolute Gasteiger partial charge is 0.454 e. The summed E-state index contributed by atoms with van der Waals surface area (Å²) in [5, 5.41) is 0. The quantitative estimate of drug-likeness (QED) is 0.820. The summed E-state index contributed by atoms with van der Waals surface area (Å²) in [5.41, 5.74) is 0.745. The molecular weight excluding hydrogens is 306 g/mol. The van der Waals surface area contributed by atoms with E-state index in [1.54, 1.807) is 11.9 Å². The van der Waals surface area contributed by atoms with Crippen molar-refractivity contribution in [3.05, 3.63) is 18.2 Å². The van der Waals surface area contributed by atoms with Crippen LogP contribution in [-0.2, 0) is 4.74 Å². The second kappa shape index (κ2) is 6.91. The van der Waals surface area contributed by atoms with E-state index in [2.05, 4.69) is 20.8 Å². The summed E-state index contributed by atoms with van der Waals surface area (Å²) in [5.74, 6) is 2.94. The molecule has 0 radical (unpaired) electrons. The van der Waals surface area contributed by atoms with Crippen molar-refractivity contribution >= 4 is 11.8 Å². The zero-order valence-electron chi connectivity index (χ0n) is 15.0. The fourth-order valence-electron chi connectivity index (χ4n) is 3.66.